The van der Waals surface area contributed by atoms with Gasteiger partial charge in [-0.2, -0.15) is 0 Å². The van der Waals surface area contributed by atoms with E-state index in [1.54, 1.807) is 24.2 Å². The maximum atomic E-state index is 4.38. The van der Waals surface area contributed by atoms with Crippen LogP contribution in [0.2, 0.25) is 0 Å². The van der Waals surface area contributed by atoms with Crippen LogP contribution in [-0.2, 0) is 0 Å². The Morgan fingerprint density at radius 1 is 1.36 bits per heavy atom. The number of nitrogens with one attached hydrogen (secondary N) is 1. The van der Waals surface area contributed by atoms with E-state index >= 15 is 0 Å². The highest BCUT2D eigenvalue weighted by Crippen LogP contribution is 2.15. The number of aromatic nitrogens is 2. The third-order valence-corrected chi connectivity index (χ3v) is 2.24. The number of rotatable bonds is 3. The topological polar surface area (TPSA) is 37.8 Å². The van der Waals surface area contributed by atoms with Crippen LogP contribution in [0.15, 0.2) is 17.4 Å². The highest BCUT2D eigenvalue weighted by Gasteiger charge is 2.09. The zero-order valence-electron chi connectivity index (χ0n) is 9.16. The molecule has 0 aliphatic carbocycles. The molecule has 0 unspecified atom stereocenters. The number of anilines is 1. The van der Waals surface area contributed by atoms with Crippen LogP contribution >= 0.6 is 11.8 Å². The summed E-state index contributed by atoms with van der Waals surface area (Å²) in [6.07, 6.45) is 5.52. The third kappa shape index (κ3) is 3.96. The Bertz CT molecular complexity index is 294. The maximum Gasteiger partial charge on any atom is 0.145 e. The van der Waals surface area contributed by atoms with Crippen LogP contribution in [0.5, 0.6) is 0 Å². The van der Waals surface area contributed by atoms with Gasteiger partial charge in [-0.1, -0.05) is 20.8 Å². The normalized spacial score (nSPS) is 11.4. The molecule has 1 aromatic rings. The van der Waals surface area contributed by atoms with Gasteiger partial charge in [-0.15, -0.1) is 11.8 Å². The van der Waals surface area contributed by atoms with E-state index in [9.17, 15) is 0 Å². The van der Waals surface area contributed by atoms with Gasteiger partial charge >= 0.3 is 0 Å². The summed E-state index contributed by atoms with van der Waals surface area (Å²) in [7, 11) is 0. The molecular formula is C10H17N3S. The standard InChI is InChI=1S/C10H17N3S/c1-10(2,3)7-12-8-5-11-6-9(13-8)14-4/h5-6H,7H2,1-4H3,(H,12,13). The molecule has 0 bridgehead atoms. The molecule has 0 amide bonds. The van der Waals surface area contributed by atoms with E-state index < -0.39 is 0 Å². The van der Waals surface area contributed by atoms with Gasteiger partial charge in [0.25, 0.3) is 0 Å². The first kappa shape index (κ1) is 11.3. The average Bonchev–Trinajstić information content (AvgIpc) is 2.14. The van der Waals surface area contributed by atoms with Crippen LogP contribution in [0.25, 0.3) is 0 Å². The molecule has 1 N–H and O–H groups in total. The summed E-state index contributed by atoms with van der Waals surface area (Å²) in [5, 5.41) is 4.22. The quantitative estimate of drug-likeness (QED) is 0.780. The molecule has 78 valence electrons. The third-order valence-electron chi connectivity index (χ3n) is 1.62. The van der Waals surface area contributed by atoms with E-state index in [0.29, 0.717) is 0 Å². The molecule has 0 atom stereocenters. The second kappa shape index (κ2) is 4.64. The first-order valence-corrected chi connectivity index (χ1v) is 5.84. The fourth-order valence-corrected chi connectivity index (χ4v) is 1.24. The molecule has 4 heteroatoms. The molecule has 1 rings (SSSR count). The summed E-state index contributed by atoms with van der Waals surface area (Å²) < 4.78 is 0. The molecule has 0 radical (unpaired) electrons. The number of thioether (sulfide) groups is 1. The Morgan fingerprint density at radius 2 is 2.07 bits per heavy atom. The van der Waals surface area contributed by atoms with E-state index in [4.69, 9.17) is 0 Å². The minimum Gasteiger partial charge on any atom is -0.368 e. The van der Waals surface area contributed by atoms with Crippen LogP contribution in [0, 0.1) is 5.41 Å². The molecule has 0 spiro atoms. The summed E-state index contributed by atoms with van der Waals surface area (Å²) in [6, 6.07) is 0. The molecule has 1 heterocycles. The van der Waals surface area contributed by atoms with Gasteiger partial charge in [0, 0.05) is 6.54 Å². The van der Waals surface area contributed by atoms with Crippen molar-refractivity contribution >= 4 is 17.6 Å². The van der Waals surface area contributed by atoms with Crippen LogP contribution in [-0.4, -0.2) is 22.8 Å². The van der Waals surface area contributed by atoms with Crippen LogP contribution in [0.1, 0.15) is 20.8 Å². The lowest BCUT2D eigenvalue weighted by molar-refractivity contribution is 0.442. The Labute approximate surface area is 89.7 Å². The highest BCUT2D eigenvalue weighted by molar-refractivity contribution is 7.98. The summed E-state index contributed by atoms with van der Waals surface area (Å²) in [4.78, 5) is 8.49. The zero-order chi connectivity index (χ0) is 10.6. The number of hydrogen-bond donors (Lipinski definition) is 1. The molecule has 0 saturated carbocycles. The van der Waals surface area contributed by atoms with Gasteiger partial charge in [0.2, 0.25) is 0 Å². The van der Waals surface area contributed by atoms with Crippen molar-refractivity contribution in [3.8, 4) is 0 Å². The molecule has 3 nitrogen and oxygen atoms in total. The lowest BCUT2D eigenvalue weighted by atomic mass is 9.97. The highest BCUT2D eigenvalue weighted by atomic mass is 32.2. The molecule has 0 saturated heterocycles. The van der Waals surface area contributed by atoms with E-state index in [1.165, 1.54) is 0 Å². The summed E-state index contributed by atoms with van der Waals surface area (Å²) in [5.41, 5.74) is 0.261. The summed E-state index contributed by atoms with van der Waals surface area (Å²) in [5.74, 6) is 0.853. The fraction of sp³-hybridized carbons (Fsp3) is 0.600. The van der Waals surface area contributed by atoms with Crippen molar-refractivity contribution in [2.75, 3.05) is 18.1 Å². The van der Waals surface area contributed by atoms with Crippen LogP contribution in [0.4, 0.5) is 5.82 Å². The SMILES string of the molecule is CSc1cncc(NCC(C)(C)C)n1. The second-order valence-electron chi connectivity index (χ2n) is 4.36. The minimum atomic E-state index is 0.261. The maximum absolute atomic E-state index is 4.38. The Morgan fingerprint density at radius 3 is 2.64 bits per heavy atom. The Kier molecular flexibility index (Phi) is 3.75. The Hall–Kier alpha value is -0.770. The zero-order valence-corrected chi connectivity index (χ0v) is 9.98. The van der Waals surface area contributed by atoms with Crippen molar-refractivity contribution in [3.05, 3.63) is 12.4 Å². The van der Waals surface area contributed by atoms with Gasteiger partial charge in [-0.25, -0.2) is 4.98 Å². The van der Waals surface area contributed by atoms with Gasteiger partial charge in [0.15, 0.2) is 0 Å². The molecule has 0 fully saturated rings. The predicted molar refractivity (Wildman–Crippen MR) is 61.8 cm³/mol. The van der Waals surface area contributed by atoms with Crippen LogP contribution < -0.4 is 5.32 Å². The predicted octanol–water partition coefficient (Wildman–Crippen LogP) is 2.66. The Balaban J connectivity index is 2.59. The van der Waals surface area contributed by atoms with Crippen molar-refractivity contribution in [1.82, 2.24) is 9.97 Å². The smallest absolute Gasteiger partial charge is 0.145 e. The van der Waals surface area contributed by atoms with E-state index in [-0.39, 0.29) is 5.41 Å². The largest absolute Gasteiger partial charge is 0.368 e. The number of hydrogen-bond acceptors (Lipinski definition) is 4. The van der Waals surface area contributed by atoms with Crippen molar-refractivity contribution in [2.45, 2.75) is 25.8 Å². The first-order chi connectivity index (χ1) is 6.51. The molecule has 14 heavy (non-hydrogen) atoms. The van der Waals surface area contributed by atoms with E-state index in [1.807, 2.05) is 6.26 Å². The van der Waals surface area contributed by atoms with Gasteiger partial charge in [-0.3, -0.25) is 4.98 Å². The van der Waals surface area contributed by atoms with Crippen molar-refractivity contribution in [1.29, 1.82) is 0 Å². The van der Waals surface area contributed by atoms with Crippen molar-refractivity contribution in [2.24, 2.45) is 5.41 Å². The van der Waals surface area contributed by atoms with Crippen molar-refractivity contribution in [3.63, 3.8) is 0 Å². The lowest BCUT2D eigenvalue weighted by Crippen LogP contribution is -2.19. The molecule has 1 aromatic heterocycles. The molecular weight excluding hydrogens is 194 g/mol. The summed E-state index contributed by atoms with van der Waals surface area (Å²) in [6.45, 7) is 7.46. The van der Waals surface area contributed by atoms with E-state index in [2.05, 4.69) is 36.1 Å². The van der Waals surface area contributed by atoms with E-state index in [0.717, 1.165) is 17.4 Å². The summed E-state index contributed by atoms with van der Waals surface area (Å²) >= 11 is 1.60. The van der Waals surface area contributed by atoms with Crippen molar-refractivity contribution < 1.29 is 0 Å². The van der Waals surface area contributed by atoms with Gasteiger partial charge in [0.05, 0.1) is 12.4 Å². The monoisotopic (exact) mass is 211 g/mol. The first-order valence-electron chi connectivity index (χ1n) is 4.61. The average molecular weight is 211 g/mol. The van der Waals surface area contributed by atoms with Gasteiger partial charge < -0.3 is 5.32 Å². The molecule has 0 aliphatic rings. The minimum absolute atomic E-state index is 0.261. The fourth-order valence-electron chi connectivity index (χ4n) is 0.887. The van der Waals surface area contributed by atoms with Gasteiger partial charge in [0.1, 0.15) is 10.8 Å². The van der Waals surface area contributed by atoms with Crippen LogP contribution in [0.3, 0.4) is 0 Å². The van der Waals surface area contributed by atoms with Gasteiger partial charge in [-0.05, 0) is 11.7 Å². The molecule has 0 aromatic carbocycles. The number of nitrogens with zero attached hydrogens (tertiary/aromatic N) is 2. The molecule has 0 aliphatic heterocycles. The second-order valence-corrected chi connectivity index (χ2v) is 5.19. The lowest BCUT2D eigenvalue weighted by Gasteiger charge is -2.18.